The number of carbonyl (C=O) groups excluding carboxylic acids is 3. The van der Waals surface area contributed by atoms with Crippen molar-refractivity contribution in [1.29, 1.82) is 0 Å². The number of amides is 3. The largest absolute Gasteiger partial charge is 0.455 e. The fraction of sp³-hybridized carbons (Fsp3) is 0.786. The molecule has 0 aromatic carbocycles. The van der Waals surface area contributed by atoms with Gasteiger partial charge in [-0.2, -0.15) is 0 Å². The molecular weight excluding hydrogens is 260 g/mol. The van der Waals surface area contributed by atoms with Gasteiger partial charge in [-0.05, 0) is 31.6 Å². The molecule has 2 saturated carbocycles. The zero-order valence-electron chi connectivity index (χ0n) is 11.8. The summed E-state index contributed by atoms with van der Waals surface area (Å²) in [5.74, 6) is -0.543. The molecule has 0 spiro atoms. The fourth-order valence-corrected chi connectivity index (χ4v) is 2.47. The van der Waals surface area contributed by atoms with Crippen LogP contribution in [0.3, 0.4) is 0 Å². The number of imide groups is 1. The molecule has 0 aromatic rings. The van der Waals surface area contributed by atoms with Crippen LogP contribution in [-0.2, 0) is 14.3 Å². The number of ether oxygens (including phenoxy) is 1. The summed E-state index contributed by atoms with van der Waals surface area (Å²) >= 11 is 0. The number of hydrogen-bond donors (Lipinski definition) is 2. The number of urea groups is 1. The lowest BCUT2D eigenvalue weighted by Crippen LogP contribution is -2.48. The van der Waals surface area contributed by atoms with Gasteiger partial charge in [-0.25, -0.2) is 4.79 Å². The summed E-state index contributed by atoms with van der Waals surface area (Å²) in [4.78, 5) is 34.4. The highest BCUT2D eigenvalue weighted by Gasteiger charge is 2.31. The summed E-state index contributed by atoms with van der Waals surface area (Å²) in [6, 6.07) is -0.387. The molecule has 2 aliphatic rings. The molecule has 0 aromatic heterocycles. The van der Waals surface area contributed by atoms with E-state index in [-0.39, 0.29) is 24.5 Å². The smallest absolute Gasteiger partial charge is 0.321 e. The molecule has 0 bridgehead atoms. The Balaban J connectivity index is 1.65. The van der Waals surface area contributed by atoms with E-state index in [9.17, 15) is 14.4 Å². The van der Waals surface area contributed by atoms with Gasteiger partial charge >= 0.3 is 12.0 Å². The highest BCUT2D eigenvalue weighted by Crippen LogP contribution is 2.29. The summed E-state index contributed by atoms with van der Waals surface area (Å²) in [6.45, 7) is 1.71. The Morgan fingerprint density at radius 1 is 1.10 bits per heavy atom. The zero-order chi connectivity index (χ0) is 14.5. The normalized spacial score (nSPS) is 25.6. The maximum absolute atomic E-state index is 11.7. The molecule has 0 radical (unpaired) electrons. The van der Waals surface area contributed by atoms with Crippen molar-refractivity contribution in [2.75, 3.05) is 6.61 Å². The molecule has 2 N–H and O–H groups in total. The van der Waals surface area contributed by atoms with Crippen molar-refractivity contribution < 1.29 is 19.1 Å². The van der Waals surface area contributed by atoms with Gasteiger partial charge in [-0.3, -0.25) is 14.9 Å². The molecule has 6 heteroatoms. The third kappa shape index (κ3) is 4.51. The molecule has 112 valence electrons. The zero-order valence-corrected chi connectivity index (χ0v) is 11.8. The van der Waals surface area contributed by atoms with Crippen molar-refractivity contribution in [3.8, 4) is 0 Å². The predicted molar refractivity (Wildman–Crippen MR) is 71.8 cm³/mol. The molecule has 2 atom stereocenters. The third-order valence-electron chi connectivity index (χ3n) is 3.94. The van der Waals surface area contributed by atoms with E-state index < -0.39 is 11.9 Å². The Labute approximate surface area is 118 Å². The minimum absolute atomic E-state index is 0.0419. The first-order valence-corrected chi connectivity index (χ1v) is 7.33. The Morgan fingerprint density at radius 2 is 1.80 bits per heavy atom. The van der Waals surface area contributed by atoms with Crippen molar-refractivity contribution in [3.05, 3.63) is 0 Å². The predicted octanol–water partition coefficient (Wildman–Crippen LogP) is 1.34. The van der Waals surface area contributed by atoms with Crippen LogP contribution < -0.4 is 10.6 Å². The van der Waals surface area contributed by atoms with Gasteiger partial charge in [0, 0.05) is 6.04 Å². The monoisotopic (exact) mass is 282 g/mol. The van der Waals surface area contributed by atoms with E-state index in [2.05, 4.69) is 17.6 Å². The summed E-state index contributed by atoms with van der Waals surface area (Å²) in [7, 11) is 0. The number of carbonyl (C=O) groups is 3. The molecule has 20 heavy (non-hydrogen) atoms. The first-order chi connectivity index (χ1) is 9.56. The summed E-state index contributed by atoms with van der Waals surface area (Å²) in [5.41, 5.74) is 0. The van der Waals surface area contributed by atoms with E-state index in [0.717, 1.165) is 32.1 Å². The second-order valence-corrected chi connectivity index (χ2v) is 5.77. The van der Waals surface area contributed by atoms with Gasteiger partial charge in [0.1, 0.15) is 0 Å². The van der Waals surface area contributed by atoms with Gasteiger partial charge in [0.2, 0.25) is 0 Å². The van der Waals surface area contributed by atoms with Gasteiger partial charge < -0.3 is 10.1 Å². The van der Waals surface area contributed by atoms with E-state index in [1.807, 2.05) is 0 Å². The van der Waals surface area contributed by atoms with Gasteiger partial charge in [-0.15, -0.1) is 0 Å². The van der Waals surface area contributed by atoms with Crippen LogP contribution in [0.5, 0.6) is 0 Å². The molecule has 2 rings (SSSR count). The first-order valence-electron chi connectivity index (χ1n) is 7.33. The lowest BCUT2D eigenvalue weighted by Gasteiger charge is -2.29. The lowest BCUT2D eigenvalue weighted by molar-refractivity contribution is -0.149. The molecule has 0 unspecified atom stereocenters. The quantitative estimate of drug-likeness (QED) is 0.762. The van der Waals surface area contributed by atoms with E-state index in [0.29, 0.717) is 5.92 Å². The van der Waals surface area contributed by atoms with Gasteiger partial charge in [0.25, 0.3) is 5.91 Å². The maximum atomic E-state index is 11.7. The van der Waals surface area contributed by atoms with E-state index >= 15 is 0 Å². The maximum Gasteiger partial charge on any atom is 0.321 e. The van der Waals surface area contributed by atoms with Crippen LogP contribution in [-0.4, -0.2) is 30.6 Å². The van der Waals surface area contributed by atoms with E-state index in [1.165, 1.54) is 6.42 Å². The van der Waals surface area contributed by atoms with Gasteiger partial charge in [0.05, 0.1) is 5.92 Å². The Bertz CT molecular complexity index is 393. The fourth-order valence-electron chi connectivity index (χ4n) is 2.47. The van der Waals surface area contributed by atoms with Crippen LogP contribution in [0, 0.1) is 11.8 Å². The minimum atomic E-state index is -0.583. The van der Waals surface area contributed by atoms with Crippen molar-refractivity contribution >= 4 is 17.9 Å². The Hall–Kier alpha value is -1.59. The second kappa shape index (κ2) is 6.72. The Kier molecular flexibility index (Phi) is 4.98. The highest BCUT2D eigenvalue weighted by atomic mass is 16.5. The van der Waals surface area contributed by atoms with E-state index in [4.69, 9.17) is 4.74 Å². The van der Waals surface area contributed by atoms with Crippen molar-refractivity contribution in [2.45, 2.75) is 51.5 Å². The van der Waals surface area contributed by atoms with Crippen LogP contribution in [0.1, 0.15) is 45.4 Å². The SMILES string of the molecule is C[C@H]1CCCC[C@H]1NC(=O)NC(=O)COC(=O)C1CC1. The van der Waals surface area contributed by atoms with Gasteiger partial charge in [0.15, 0.2) is 6.61 Å². The number of hydrogen-bond acceptors (Lipinski definition) is 4. The summed E-state index contributed by atoms with van der Waals surface area (Å²) in [6.07, 6.45) is 6.00. The van der Waals surface area contributed by atoms with Gasteiger partial charge in [-0.1, -0.05) is 19.8 Å². The average Bonchev–Trinajstić information content (AvgIpc) is 3.23. The minimum Gasteiger partial charge on any atom is -0.455 e. The van der Waals surface area contributed by atoms with E-state index in [1.54, 1.807) is 0 Å². The topological polar surface area (TPSA) is 84.5 Å². The van der Waals surface area contributed by atoms with Crippen LogP contribution >= 0.6 is 0 Å². The number of esters is 1. The van der Waals surface area contributed by atoms with Crippen LogP contribution in [0.25, 0.3) is 0 Å². The van der Waals surface area contributed by atoms with Crippen LogP contribution in [0.4, 0.5) is 4.79 Å². The highest BCUT2D eigenvalue weighted by molar-refractivity contribution is 5.95. The van der Waals surface area contributed by atoms with Crippen LogP contribution in [0.15, 0.2) is 0 Å². The van der Waals surface area contributed by atoms with Crippen molar-refractivity contribution in [1.82, 2.24) is 10.6 Å². The first kappa shape index (κ1) is 14.8. The second-order valence-electron chi connectivity index (χ2n) is 5.77. The standard InChI is InChI=1S/C14H22N2O4/c1-9-4-2-3-5-11(9)15-14(19)16-12(17)8-20-13(18)10-6-7-10/h9-11H,2-8H2,1H3,(H2,15,16,17,19)/t9-,11+/m0/s1. The average molecular weight is 282 g/mol. The molecule has 0 saturated heterocycles. The molecule has 0 aliphatic heterocycles. The van der Waals surface area contributed by atoms with Crippen LogP contribution in [0.2, 0.25) is 0 Å². The molecule has 0 heterocycles. The Morgan fingerprint density at radius 3 is 2.45 bits per heavy atom. The molecule has 6 nitrogen and oxygen atoms in total. The summed E-state index contributed by atoms with van der Waals surface area (Å²) < 4.78 is 4.81. The molecule has 2 aliphatic carbocycles. The molecular formula is C14H22N2O4. The third-order valence-corrected chi connectivity index (χ3v) is 3.94. The summed E-state index contributed by atoms with van der Waals surface area (Å²) in [5, 5.41) is 5.01. The number of rotatable bonds is 4. The molecule has 2 fully saturated rings. The number of nitrogens with one attached hydrogen (secondary N) is 2. The van der Waals surface area contributed by atoms with Crippen molar-refractivity contribution in [3.63, 3.8) is 0 Å². The lowest BCUT2D eigenvalue weighted by atomic mass is 9.86. The van der Waals surface area contributed by atoms with Crippen molar-refractivity contribution in [2.24, 2.45) is 11.8 Å². The molecule has 3 amide bonds.